The van der Waals surface area contributed by atoms with Gasteiger partial charge in [-0.05, 0) is 31.6 Å². The van der Waals surface area contributed by atoms with Crippen molar-refractivity contribution in [2.45, 2.75) is 38.6 Å². The maximum atomic E-state index is 11.5. The van der Waals surface area contributed by atoms with Gasteiger partial charge in [0.15, 0.2) is 0 Å². The van der Waals surface area contributed by atoms with Crippen molar-refractivity contribution in [1.29, 1.82) is 0 Å². The Morgan fingerprint density at radius 2 is 1.93 bits per heavy atom. The maximum absolute atomic E-state index is 11.5. The van der Waals surface area contributed by atoms with Crippen molar-refractivity contribution in [2.75, 3.05) is 0 Å². The van der Waals surface area contributed by atoms with Crippen LogP contribution in [0.2, 0.25) is 0 Å². The van der Waals surface area contributed by atoms with E-state index in [9.17, 15) is 9.59 Å². The van der Waals surface area contributed by atoms with Crippen molar-refractivity contribution in [3.05, 3.63) is 33.1 Å². The average molecular weight is 208 g/mol. The second-order valence-electron chi connectivity index (χ2n) is 4.43. The van der Waals surface area contributed by atoms with Crippen molar-refractivity contribution in [3.63, 3.8) is 0 Å². The highest BCUT2D eigenvalue weighted by molar-refractivity contribution is 4.87. The minimum atomic E-state index is -0.319. The molecular formula is C11H16N2O2. The summed E-state index contributed by atoms with van der Waals surface area (Å²) in [6.45, 7) is 2.24. The lowest BCUT2D eigenvalue weighted by Crippen LogP contribution is -2.32. The summed E-state index contributed by atoms with van der Waals surface area (Å²) in [5.41, 5.74) is -0.595. The highest BCUT2D eigenvalue weighted by atomic mass is 16.2. The van der Waals surface area contributed by atoms with Crippen LogP contribution in [-0.2, 0) is 0 Å². The second kappa shape index (κ2) is 4.04. The Hall–Kier alpha value is -1.32. The van der Waals surface area contributed by atoms with Crippen LogP contribution in [0.15, 0.2) is 21.9 Å². The maximum Gasteiger partial charge on any atom is 0.328 e. The molecule has 15 heavy (non-hydrogen) atoms. The molecule has 1 aliphatic rings. The number of H-pyrrole nitrogens is 1. The van der Waals surface area contributed by atoms with E-state index in [0.717, 1.165) is 31.6 Å². The van der Waals surface area contributed by atoms with E-state index in [1.54, 1.807) is 10.8 Å². The van der Waals surface area contributed by atoms with Crippen LogP contribution in [0.3, 0.4) is 0 Å². The quantitative estimate of drug-likeness (QED) is 0.756. The van der Waals surface area contributed by atoms with E-state index >= 15 is 0 Å². The van der Waals surface area contributed by atoms with Crippen LogP contribution in [0, 0.1) is 5.92 Å². The summed E-state index contributed by atoms with van der Waals surface area (Å²) < 4.78 is 1.66. The van der Waals surface area contributed by atoms with Gasteiger partial charge in [0.2, 0.25) is 0 Å². The molecule has 1 N–H and O–H groups in total. The molecule has 0 saturated heterocycles. The lowest BCUT2D eigenvalue weighted by molar-refractivity contribution is 0.282. The van der Waals surface area contributed by atoms with Gasteiger partial charge in [-0.1, -0.05) is 6.92 Å². The first-order valence-corrected chi connectivity index (χ1v) is 5.48. The SMILES string of the molecule is CC1CCC(n2ccc(=O)[nH]c2=O)CC1. The van der Waals surface area contributed by atoms with Crippen molar-refractivity contribution in [3.8, 4) is 0 Å². The molecule has 0 spiro atoms. The van der Waals surface area contributed by atoms with Crippen molar-refractivity contribution in [2.24, 2.45) is 5.92 Å². The second-order valence-corrected chi connectivity index (χ2v) is 4.43. The molecule has 0 aromatic carbocycles. The molecule has 0 radical (unpaired) electrons. The summed E-state index contributed by atoms with van der Waals surface area (Å²) in [6, 6.07) is 1.69. The van der Waals surface area contributed by atoms with Crippen molar-refractivity contribution >= 4 is 0 Å². The zero-order valence-electron chi connectivity index (χ0n) is 8.90. The molecule has 1 saturated carbocycles. The third-order valence-corrected chi connectivity index (χ3v) is 3.23. The summed E-state index contributed by atoms with van der Waals surface area (Å²) in [4.78, 5) is 24.7. The summed E-state index contributed by atoms with van der Waals surface area (Å²) in [7, 11) is 0. The number of hydrogen-bond donors (Lipinski definition) is 1. The van der Waals surface area contributed by atoms with E-state index in [1.165, 1.54) is 6.07 Å². The Bertz CT molecular complexity index is 438. The van der Waals surface area contributed by atoms with Gasteiger partial charge in [-0.25, -0.2) is 4.79 Å². The molecule has 0 amide bonds. The smallest absolute Gasteiger partial charge is 0.298 e. The summed E-state index contributed by atoms with van der Waals surface area (Å²) >= 11 is 0. The molecule has 4 heteroatoms. The normalized spacial score (nSPS) is 26.5. The molecule has 0 atom stereocenters. The largest absolute Gasteiger partial charge is 0.328 e. The van der Waals surface area contributed by atoms with Crippen molar-refractivity contribution in [1.82, 2.24) is 9.55 Å². The Kier molecular flexibility index (Phi) is 2.75. The summed E-state index contributed by atoms with van der Waals surface area (Å²) in [5.74, 6) is 0.764. The van der Waals surface area contributed by atoms with E-state index in [0.29, 0.717) is 0 Å². The first-order valence-electron chi connectivity index (χ1n) is 5.48. The van der Waals surface area contributed by atoms with Gasteiger partial charge < -0.3 is 0 Å². The van der Waals surface area contributed by atoms with Gasteiger partial charge in [0, 0.05) is 18.3 Å². The minimum absolute atomic E-state index is 0.269. The lowest BCUT2D eigenvalue weighted by atomic mass is 9.87. The molecule has 1 aromatic rings. The van der Waals surface area contributed by atoms with Crippen LogP contribution >= 0.6 is 0 Å². The lowest BCUT2D eigenvalue weighted by Gasteiger charge is -2.27. The fourth-order valence-electron chi connectivity index (χ4n) is 2.24. The molecule has 82 valence electrons. The van der Waals surface area contributed by atoms with Crippen molar-refractivity contribution < 1.29 is 0 Å². The molecule has 2 rings (SSSR count). The predicted molar refractivity (Wildman–Crippen MR) is 58.0 cm³/mol. The average Bonchev–Trinajstić information content (AvgIpc) is 2.20. The molecule has 1 aliphatic carbocycles. The summed E-state index contributed by atoms with van der Waals surface area (Å²) in [5, 5.41) is 0. The zero-order chi connectivity index (χ0) is 10.8. The summed E-state index contributed by atoms with van der Waals surface area (Å²) in [6.07, 6.45) is 6.01. The van der Waals surface area contributed by atoms with Gasteiger partial charge in [-0.15, -0.1) is 0 Å². The predicted octanol–water partition coefficient (Wildman–Crippen LogP) is 1.29. The van der Waals surface area contributed by atoms with E-state index in [-0.39, 0.29) is 17.3 Å². The fourth-order valence-corrected chi connectivity index (χ4v) is 2.24. The Balaban J connectivity index is 2.23. The van der Waals surface area contributed by atoms with E-state index in [1.807, 2.05) is 0 Å². The Morgan fingerprint density at radius 1 is 1.27 bits per heavy atom. The van der Waals surface area contributed by atoms with Crippen LogP contribution in [0.25, 0.3) is 0 Å². The third kappa shape index (κ3) is 2.19. The minimum Gasteiger partial charge on any atom is -0.298 e. The van der Waals surface area contributed by atoms with Crippen LogP contribution in [-0.4, -0.2) is 9.55 Å². The van der Waals surface area contributed by atoms with Gasteiger partial charge in [-0.3, -0.25) is 14.3 Å². The van der Waals surface area contributed by atoms with Crippen LogP contribution in [0.4, 0.5) is 0 Å². The monoisotopic (exact) mass is 208 g/mol. The number of hydrogen-bond acceptors (Lipinski definition) is 2. The van der Waals surface area contributed by atoms with Gasteiger partial charge >= 0.3 is 5.69 Å². The molecule has 0 bridgehead atoms. The molecule has 1 heterocycles. The van der Waals surface area contributed by atoms with Gasteiger partial charge in [0.25, 0.3) is 5.56 Å². The highest BCUT2D eigenvalue weighted by Gasteiger charge is 2.20. The van der Waals surface area contributed by atoms with E-state index in [2.05, 4.69) is 11.9 Å². The van der Waals surface area contributed by atoms with Crippen LogP contribution < -0.4 is 11.2 Å². The number of aromatic amines is 1. The highest BCUT2D eigenvalue weighted by Crippen LogP contribution is 2.30. The van der Waals surface area contributed by atoms with E-state index < -0.39 is 0 Å². The molecule has 4 nitrogen and oxygen atoms in total. The van der Waals surface area contributed by atoms with Crippen LogP contribution in [0.1, 0.15) is 38.6 Å². The zero-order valence-corrected chi connectivity index (χ0v) is 8.90. The number of nitrogens with one attached hydrogen (secondary N) is 1. The molecule has 1 aromatic heterocycles. The first kappa shape index (κ1) is 10.2. The molecular weight excluding hydrogens is 192 g/mol. The van der Waals surface area contributed by atoms with E-state index in [4.69, 9.17) is 0 Å². The third-order valence-electron chi connectivity index (χ3n) is 3.23. The molecule has 1 fully saturated rings. The first-order chi connectivity index (χ1) is 7.16. The number of nitrogens with zero attached hydrogens (tertiary/aromatic N) is 1. The standard InChI is InChI=1S/C11H16N2O2/c1-8-2-4-9(5-3-8)13-7-6-10(14)12-11(13)15/h6-9H,2-5H2,1H3,(H,12,14,15). The molecule has 0 unspecified atom stereocenters. The van der Waals surface area contributed by atoms with Gasteiger partial charge in [-0.2, -0.15) is 0 Å². The van der Waals surface area contributed by atoms with Crippen LogP contribution in [0.5, 0.6) is 0 Å². The Labute approximate surface area is 88.0 Å². The Morgan fingerprint density at radius 3 is 2.53 bits per heavy atom. The fraction of sp³-hybridized carbons (Fsp3) is 0.636. The topological polar surface area (TPSA) is 54.9 Å². The molecule has 0 aliphatic heterocycles. The van der Waals surface area contributed by atoms with Gasteiger partial charge in [0.05, 0.1) is 0 Å². The number of aromatic nitrogens is 2. The number of rotatable bonds is 1. The van der Waals surface area contributed by atoms with Gasteiger partial charge in [0.1, 0.15) is 0 Å².